The molecule has 2 fully saturated rings. The summed E-state index contributed by atoms with van der Waals surface area (Å²) in [5, 5.41) is 11.9. The fourth-order valence-electron chi connectivity index (χ4n) is 5.67. The molecule has 0 unspecified atom stereocenters. The molecule has 6 heteroatoms. The summed E-state index contributed by atoms with van der Waals surface area (Å²) in [6.45, 7) is 0.850. The number of aliphatic hydroxyl groups is 1. The Morgan fingerprint density at radius 3 is 3.00 bits per heavy atom. The van der Waals surface area contributed by atoms with E-state index in [-0.39, 0.29) is 16.7 Å². The lowest BCUT2D eigenvalue weighted by molar-refractivity contribution is -0.183. The number of carbonyl (C=O) groups excluding carboxylic acids is 1. The number of benzene rings is 1. The number of likely N-dealkylation sites (tertiary alicyclic amines) is 1. The second kappa shape index (κ2) is 4.54. The van der Waals surface area contributed by atoms with Gasteiger partial charge in [0.2, 0.25) is 0 Å². The Bertz CT molecular complexity index is 768. The number of Topliss-reactive ketones (excluding diaryl/α,β-unsaturated/α-hetero) is 1. The average Bonchev–Trinajstić information content (AvgIpc) is 2.90. The highest BCUT2D eigenvalue weighted by Gasteiger charge is 2.74. The summed E-state index contributed by atoms with van der Waals surface area (Å²) in [6.07, 6.45) is 1.28. The summed E-state index contributed by atoms with van der Waals surface area (Å²) >= 11 is 3.49. The molecule has 2 aliphatic heterocycles. The van der Waals surface area contributed by atoms with E-state index in [1.54, 1.807) is 7.11 Å². The van der Waals surface area contributed by atoms with Crippen LogP contribution >= 0.6 is 15.9 Å². The van der Waals surface area contributed by atoms with E-state index in [1.807, 2.05) is 6.07 Å². The predicted octanol–water partition coefficient (Wildman–Crippen LogP) is 1.42. The van der Waals surface area contributed by atoms with Gasteiger partial charge >= 0.3 is 0 Å². The third kappa shape index (κ3) is 1.43. The van der Waals surface area contributed by atoms with Crippen LogP contribution in [0.25, 0.3) is 0 Å². The number of halogens is 1. The first-order valence-electron chi connectivity index (χ1n) is 8.41. The smallest absolute Gasteiger partial charge is 0.187 e. The molecular formula is C18H20BrNO4. The zero-order valence-corrected chi connectivity index (χ0v) is 15.3. The van der Waals surface area contributed by atoms with Gasteiger partial charge in [-0.1, -0.05) is 22.0 Å². The van der Waals surface area contributed by atoms with Gasteiger partial charge in [-0.2, -0.15) is 0 Å². The van der Waals surface area contributed by atoms with E-state index < -0.39 is 17.1 Å². The average molecular weight is 394 g/mol. The zero-order valence-electron chi connectivity index (χ0n) is 13.7. The summed E-state index contributed by atoms with van der Waals surface area (Å²) in [4.78, 5) is 14.8. The summed E-state index contributed by atoms with van der Waals surface area (Å²) in [5.41, 5.74) is 0.571. The maximum atomic E-state index is 12.9. The lowest BCUT2D eigenvalue weighted by Gasteiger charge is -2.62. The minimum Gasteiger partial charge on any atom is -0.493 e. The van der Waals surface area contributed by atoms with Gasteiger partial charge in [0.1, 0.15) is 0 Å². The Morgan fingerprint density at radius 1 is 1.46 bits per heavy atom. The number of ether oxygens (including phenoxy) is 2. The Morgan fingerprint density at radius 2 is 2.25 bits per heavy atom. The molecule has 5 rings (SSSR count). The zero-order chi connectivity index (χ0) is 16.9. The van der Waals surface area contributed by atoms with Gasteiger partial charge in [-0.3, -0.25) is 4.79 Å². The SMILES string of the molecule is COc1ccc2c3c1O[C@H]1C(=O)[C@@H](Br)C[C@@]4(O)[C@@H](C2)N(C)CC[C@]314. The van der Waals surface area contributed by atoms with Crippen LogP contribution in [0.1, 0.15) is 24.0 Å². The number of methoxy groups -OCH3 is 1. The number of rotatable bonds is 1. The molecule has 2 bridgehead atoms. The molecule has 5 atom stereocenters. The highest BCUT2D eigenvalue weighted by molar-refractivity contribution is 9.10. The van der Waals surface area contributed by atoms with Crippen LogP contribution in [0.2, 0.25) is 0 Å². The van der Waals surface area contributed by atoms with Crippen LogP contribution in [0.15, 0.2) is 12.1 Å². The van der Waals surface area contributed by atoms with Crippen LogP contribution in [0.5, 0.6) is 11.5 Å². The van der Waals surface area contributed by atoms with Crippen molar-refractivity contribution < 1.29 is 19.4 Å². The fourth-order valence-corrected chi connectivity index (χ4v) is 6.40. The van der Waals surface area contributed by atoms with E-state index >= 15 is 0 Å². The number of ketones is 1. The summed E-state index contributed by atoms with van der Waals surface area (Å²) in [5.74, 6) is 1.35. The van der Waals surface area contributed by atoms with E-state index in [4.69, 9.17) is 9.47 Å². The standard InChI is InChI=1S/C18H20BrNO4/c1-20-6-5-17-13-9-3-4-11(23-2)15(13)24-16(17)14(21)10(19)8-18(17,22)12(20)7-9/h3-4,10,12,16,22H,5-8H2,1-2H3/t10-,12+,16-,17-,18+/m0/s1. The van der Waals surface area contributed by atoms with Crippen LogP contribution < -0.4 is 9.47 Å². The normalized spacial score (nSPS) is 42.5. The monoisotopic (exact) mass is 393 g/mol. The van der Waals surface area contributed by atoms with Gasteiger partial charge in [0, 0.05) is 11.6 Å². The van der Waals surface area contributed by atoms with Crippen LogP contribution in [0.3, 0.4) is 0 Å². The Kier molecular flexibility index (Phi) is 2.87. The third-order valence-electron chi connectivity index (χ3n) is 6.74. The molecule has 0 amide bonds. The number of likely N-dealkylation sites (N-methyl/N-ethyl adjacent to an activating group) is 1. The van der Waals surface area contributed by atoms with Gasteiger partial charge in [0.15, 0.2) is 23.4 Å². The molecule has 2 heterocycles. The first-order valence-corrected chi connectivity index (χ1v) is 9.33. The Balaban J connectivity index is 1.85. The lowest BCUT2D eigenvalue weighted by Crippen LogP contribution is -2.77. The van der Waals surface area contributed by atoms with Crippen molar-refractivity contribution in [3.05, 3.63) is 23.3 Å². The third-order valence-corrected chi connectivity index (χ3v) is 7.52. The highest BCUT2D eigenvalue weighted by Crippen LogP contribution is 2.65. The van der Waals surface area contributed by atoms with Gasteiger partial charge in [-0.05, 0) is 44.5 Å². The van der Waals surface area contributed by atoms with E-state index in [0.717, 1.165) is 24.9 Å². The predicted molar refractivity (Wildman–Crippen MR) is 91.1 cm³/mol. The number of hydrogen-bond donors (Lipinski definition) is 1. The van der Waals surface area contributed by atoms with Gasteiger partial charge in [0.05, 0.1) is 23.0 Å². The molecule has 0 radical (unpaired) electrons. The highest BCUT2D eigenvalue weighted by atomic mass is 79.9. The maximum Gasteiger partial charge on any atom is 0.187 e. The van der Waals surface area contributed by atoms with Crippen molar-refractivity contribution in [2.75, 3.05) is 20.7 Å². The van der Waals surface area contributed by atoms with Crippen LogP contribution in [0.4, 0.5) is 0 Å². The molecule has 1 saturated heterocycles. The van der Waals surface area contributed by atoms with E-state index in [2.05, 4.69) is 33.9 Å². The van der Waals surface area contributed by atoms with E-state index in [0.29, 0.717) is 17.9 Å². The number of nitrogens with zero attached hydrogens (tertiary/aromatic N) is 1. The minimum atomic E-state index is -0.975. The number of carbonyl (C=O) groups is 1. The number of hydrogen-bond acceptors (Lipinski definition) is 5. The topological polar surface area (TPSA) is 59.0 Å². The first-order chi connectivity index (χ1) is 11.4. The van der Waals surface area contributed by atoms with Gasteiger partial charge in [0.25, 0.3) is 0 Å². The summed E-state index contributed by atoms with van der Waals surface area (Å²) in [6, 6.07) is 3.98. The number of piperidine rings is 1. The maximum absolute atomic E-state index is 12.9. The quantitative estimate of drug-likeness (QED) is 0.731. The molecule has 24 heavy (non-hydrogen) atoms. The van der Waals surface area contributed by atoms with Crippen molar-refractivity contribution in [3.63, 3.8) is 0 Å². The minimum absolute atomic E-state index is 0.00246. The first kappa shape index (κ1) is 15.2. The number of alkyl halides is 1. The van der Waals surface area contributed by atoms with Gasteiger partial charge in [-0.25, -0.2) is 0 Å². The van der Waals surface area contributed by atoms with E-state index in [1.165, 1.54) is 5.56 Å². The Hall–Kier alpha value is -1.11. The van der Waals surface area contributed by atoms with Gasteiger partial charge in [-0.15, -0.1) is 0 Å². The molecular weight excluding hydrogens is 374 g/mol. The molecule has 0 aromatic heterocycles. The second-order valence-electron chi connectivity index (χ2n) is 7.55. The van der Waals surface area contributed by atoms with Crippen molar-refractivity contribution in [3.8, 4) is 11.5 Å². The molecule has 1 saturated carbocycles. The van der Waals surface area contributed by atoms with Crippen molar-refractivity contribution in [1.29, 1.82) is 0 Å². The molecule has 1 N–H and O–H groups in total. The van der Waals surface area contributed by atoms with Crippen molar-refractivity contribution in [1.82, 2.24) is 4.90 Å². The van der Waals surface area contributed by atoms with Gasteiger partial charge < -0.3 is 19.5 Å². The largest absolute Gasteiger partial charge is 0.493 e. The summed E-state index contributed by atoms with van der Waals surface area (Å²) < 4.78 is 11.7. The fraction of sp³-hybridized carbons (Fsp3) is 0.611. The van der Waals surface area contributed by atoms with E-state index in [9.17, 15) is 9.90 Å². The molecule has 4 aliphatic rings. The molecule has 128 valence electrons. The van der Waals surface area contributed by atoms with Crippen LogP contribution in [-0.4, -0.2) is 59.1 Å². The van der Waals surface area contributed by atoms with Crippen molar-refractivity contribution >= 4 is 21.7 Å². The summed E-state index contributed by atoms with van der Waals surface area (Å²) in [7, 11) is 3.68. The Labute approximate surface area is 149 Å². The molecule has 1 spiro atoms. The van der Waals surface area contributed by atoms with Crippen molar-refractivity contribution in [2.24, 2.45) is 0 Å². The van der Waals surface area contributed by atoms with Crippen LogP contribution in [-0.2, 0) is 16.6 Å². The molecule has 5 nitrogen and oxygen atoms in total. The lowest BCUT2D eigenvalue weighted by atomic mass is 9.49. The second-order valence-corrected chi connectivity index (χ2v) is 8.65. The molecule has 1 aromatic rings. The molecule has 1 aromatic carbocycles. The molecule has 2 aliphatic carbocycles. The van der Waals surface area contributed by atoms with Crippen molar-refractivity contribution in [2.45, 2.75) is 47.3 Å². The van der Waals surface area contributed by atoms with Crippen LogP contribution in [0, 0.1) is 0 Å².